The van der Waals surface area contributed by atoms with E-state index in [1.54, 1.807) is 12.1 Å². The average Bonchev–Trinajstić information content (AvgIpc) is 3.12. The number of benzene rings is 2. The van der Waals surface area contributed by atoms with Crippen molar-refractivity contribution < 1.29 is 4.79 Å². The molecule has 1 N–H and O–H groups in total. The topological polar surface area (TPSA) is 64.0 Å². The Morgan fingerprint density at radius 2 is 1.96 bits per heavy atom. The first-order valence-electron chi connectivity index (χ1n) is 8.61. The summed E-state index contributed by atoms with van der Waals surface area (Å²) in [5.41, 5.74) is 2.94. The minimum Gasteiger partial charge on any atom is -0.323 e. The van der Waals surface area contributed by atoms with Gasteiger partial charge < -0.3 is 5.32 Å². The van der Waals surface area contributed by atoms with Crippen molar-refractivity contribution in [1.29, 1.82) is 0 Å². The average molecular weight is 410 g/mol. The molecule has 0 aliphatic carbocycles. The van der Waals surface area contributed by atoms with Crippen molar-refractivity contribution in [3.05, 3.63) is 81.9 Å². The standard InChI is InChI=1S/C21H16ClN3O2S/c1-13-7-8-16(15(22)9-13)24-19(26)11-25-12-23-17-10-18(28-20(17)21(25)27)14-5-3-2-4-6-14/h2-10,12H,11H2,1H3,(H,24,26). The molecule has 0 unspecified atom stereocenters. The maximum Gasteiger partial charge on any atom is 0.271 e. The number of fused-ring (bicyclic) bond motifs is 1. The lowest BCUT2D eigenvalue weighted by Gasteiger charge is -2.09. The molecule has 4 rings (SSSR count). The second-order valence-electron chi connectivity index (χ2n) is 6.40. The minimum absolute atomic E-state index is 0.134. The van der Waals surface area contributed by atoms with Gasteiger partial charge in [0, 0.05) is 4.88 Å². The molecule has 5 nitrogen and oxygen atoms in total. The number of amides is 1. The van der Waals surface area contributed by atoms with Crippen LogP contribution >= 0.6 is 22.9 Å². The maximum absolute atomic E-state index is 12.8. The van der Waals surface area contributed by atoms with Crippen LogP contribution in [0.25, 0.3) is 20.7 Å². The van der Waals surface area contributed by atoms with E-state index in [9.17, 15) is 9.59 Å². The number of aryl methyl sites for hydroxylation is 1. The Labute approximate surface area is 170 Å². The molecule has 0 saturated heterocycles. The molecule has 0 aliphatic rings. The lowest BCUT2D eigenvalue weighted by Crippen LogP contribution is -2.27. The lowest BCUT2D eigenvalue weighted by molar-refractivity contribution is -0.116. The van der Waals surface area contributed by atoms with Crippen molar-refractivity contribution in [1.82, 2.24) is 9.55 Å². The summed E-state index contributed by atoms with van der Waals surface area (Å²) in [6, 6.07) is 17.1. The van der Waals surface area contributed by atoms with E-state index < -0.39 is 0 Å². The molecule has 0 aliphatic heterocycles. The summed E-state index contributed by atoms with van der Waals surface area (Å²) < 4.78 is 1.84. The van der Waals surface area contributed by atoms with Gasteiger partial charge in [-0.1, -0.05) is 48.0 Å². The zero-order chi connectivity index (χ0) is 19.7. The highest BCUT2D eigenvalue weighted by Crippen LogP contribution is 2.30. The van der Waals surface area contributed by atoms with Crippen LogP contribution in [0.5, 0.6) is 0 Å². The highest BCUT2D eigenvalue weighted by molar-refractivity contribution is 7.22. The van der Waals surface area contributed by atoms with Gasteiger partial charge in [0.25, 0.3) is 5.56 Å². The Morgan fingerprint density at radius 3 is 2.71 bits per heavy atom. The van der Waals surface area contributed by atoms with E-state index in [1.807, 2.05) is 49.4 Å². The third-order valence-corrected chi connectivity index (χ3v) is 5.75. The number of halogens is 1. The Hall–Kier alpha value is -2.96. The maximum atomic E-state index is 12.8. The van der Waals surface area contributed by atoms with Crippen molar-refractivity contribution in [2.24, 2.45) is 0 Å². The number of thiophene rings is 1. The quantitative estimate of drug-likeness (QED) is 0.530. The number of nitrogens with one attached hydrogen (secondary N) is 1. The van der Waals surface area contributed by atoms with E-state index in [2.05, 4.69) is 10.3 Å². The van der Waals surface area contributed by atoms with E-state index in [0.717, 1.165) is 16.0 Å². The SMILES string of the molecule is Cc1ccc(NC(=O)Cn2cnc3cc(-c4ccccc4)sc3c2=O)c(Cl)c1. The molecule has 0 saturated carbocycles. The fourth-order valence-electron chi connectivity index (χ4n) is 2.87. The molecule has 28 heavy (non-hydrogen) atoms. The van der Waals surface area contributed by atoms with E-state index in [4.69, 9.17) is 11.6 Å². The van der Waals surface area contributed by atoms with Gasteiger partial charge in [0.05, 0.1) is 22.6 Å². The van der Waals surface area contributed by atoms with E-state index in [-0.39, 0.29) is 18.0 Å². The molecular formula is C21H16ClN3O2S. The van der Waals surface area contributed by atoms with Gasteiger partial charge in [0.1, 0.15) is 11.2 Å². The Bertz CT molecular complexity index is 1230. The van der Waals surface area contributed by atoms with E-state index in [0.29, 0.717) is 20.9 Å². The molecule has 0 fully saturated rings. The highest BCUT2D eigenvalue weighted by Gasteiger charge is 2.13. The summed E-state index contributed by atoms with van der Waals surface area (Å²) in [5.74, 6) is -0.339. The first kappa shape index (κ1) is 18.4. The third-order valence-electron chi connectivity index (χ3n) is 4.27. The van der Waals surface area contributed by atoms with Crippen molar-refractivity contribution >= 4 is 44.7 Å². The van der Waals surface area contributed by atoms with Crippen LogP contribution in [0.1, 0.15) is 5.56 Å². The van der Waals surface area contributed by atoms with Gasteiger partial charge in [0.2, 0.25) is 5.91 Å². The van der Waals surface area contributed by atoms with Crippen molar-refractivity contribution in [3.8, 4) is 10.4 Å². The van der Waals surface area contributed by atoms with Crippen molar-refractivity contribution in [2.75, 3.05) is 5.32 Å². The molecule has 2 aromatic heterocycles. The number of carbonyl (C=O) groups is 1. The Kier molecular flexibility index (Phi) is 4.98. The number of aromatic nitrogens is 2. The highest BCUT2D eigenvalue weighted by atomic mass is 35.5. The lowest BCUT2D eigenvalue weighted by atomic mass is 10.2. The summed E-state index contributed by atoms with van der Waals surface area (Å²) >= 11 is 7.53. The van der Waals surface area contributed by atoms with Crippen LogP contribution in [-0.4, -0.2) is 15.5 Å². The number of rotatable bonds is 4. The number of nitrogens with zero attached hydrogens (tertiary/aromatic N) is 2. The molecule has 0 spiro atoms. The number of hydrogen-bond acceptors (Lipinski definition) is 4. The second kappa shape index (κ2) is 7.58. The van der Waals surface area contributed by atoms with Gasteiger partial charge in [0.15, 0.2) is 0 Å². The molecule has 2 heterocycles. The summed E-state index contributed by atoms with van der Waals surface area (Å²) in [5, 5.41) is 3.20. The minimum atomic E-state index is -0.339. The van der Waals surface area contributed by atoms with Crippen LogP contribution in [0.15, 0.2) is 65.7 Å². The van der Waals surface area contributed by atoms with Gasteiger partial charge in [-0.25, -0.2) is 4.98 Å². The zero-order valence-corrected chi connectivity index (χ0v) is 16.6. The van der Waals surface area contributed by atoms with Gasteiger partial charge in [-0.3, -0.25) is 14.2 Å². The smallest absolute Gasteiger partial charge is 0.271 e. The summed E-state index contributed by atoms with van der Waals surface area (Å²) in [6.07, 6.45) is 1.41. The van der Waals surface area contributed by atoms with Crippen LogP contribution in [-0.2, 0) is 11.3 Å². The van der Waals surface area contributed by atoms with Gasteiger partial charge in [-0.15, -0.1) is 11.3 Å². The number of hydrogen-bond donors (Lipinski definition) is 1. The zero-order valence-electron chi connectivity index (χ0n) is 15.0. The molecule has 0 radical (unpaired) electrons. The van der Waals surface area contributed by atoms with Crippen LogP contribution in [0.2, 0.25) is 5.02 Å². The largest absolute Gasteiger partial charge is 0.323 e. The molecule has 0 atom stereocenters. The first-order chi connectivity index (χ1) is 13.5. The monoisotopic (exact) mass is 409 g/mol. The van der Waals surface area contributed by atoms with Crippen molar-refractivity contribution in [3.63, 3.8) is 0 Å². The predicted octanol–water partition coefficient (Wildman–Crippen LogP) is 4.73. The van der Waals surface area contributed by atoms with Gasteiger partial charge in [-0.2, -0.15) is 0 Å². The molecule has 7 heteroatoms. The van der Waals surface area contributed by atoms with E-state index >= 15 is 0 Å². The third kappa shape index (κ3) is 3.69. The fraction of sp³-hybridized carbons (Fsp3) is 0.0952. The Balaban J connectivity index is 1.59. The summed E-state index contributed by atoms with van der Waals surface area (Å²) in [7, 11) is 0. The van der Waals surface area contributed by atoms with Gasteiger partial charge in [-0.05, 0) is 36.2 Å². The number of anilines is 1. The van der Waals surface area contributed by atoms with Crippen LogP contribution in [0.3, 0.4) is 0 Å². The number of carbonyl (C=O) groups excluding carboxylic acids is 1. The summed E-state index contributed by atoms with van der Waals surface area (Å²) in [4.78, 5) is 30.5. The molecule has 1 amide bonds. The van der Waals surface area contributed by atoms with Crippen LogP contribution < -0.4 is 10.9 Å². The van der Waals surface area contributed by atoms with Crippen molar-refractivity contribution in [2.45, 2.75) is 13.5 Å². The summed E-state index contributed by atoms with van der Waals surface area (Å²) in [6.45, 7) is 1.78. The fourth-order valence-corrected chi connectivity index (χ4v) is 4.22. The molecule has 140 valence electrons. The van der Waals surface area contributed by atoms with Gasteiger partial charge >= 0.3 is 0 Å². The second-order valence-corrected chi connectivity index (χ2v) is 7.86. The normalized spacial score (nSPS) is 10.9. The molecule has 4 aromatic rings. The van der Waals surface area contributed by atoms with Crippen LogP contribution in [0.4, 0.5) is 5.69 Å². The molecule has 2 aromatic carbocycles. The molecule has 0 bridgehead atoms. The van der Waals surface area contributed by atoms with E-state index in [1.165, 1.54) is 22.2 Å². The Morgan fingerprint density at radius 1 is 1.18 bits per heavy atom. The molecular weight excluding hydrogens is 394 g/mol. The first-order valence-corrected chi connectivity index (χ1v) is 9.81. The predicted molar refractivity (Wildman–Crippen MR) is 114 cm³/mol. The van der Waals surface area contributed by atoms with Crippen LogP contribution in [0, 0.1) is 6.92 Å².